The van der Waals surface area contributed by atoms with Crippen LogP contribution in [0.25, 0.3) is 12.2 Å². The van der Waals surface area contributed by atoms with E-state index in [0.29, 0.717) is 7.25 Å². The molecule has 172 valence electrons. The van der Waals surface area contributed by atoms with Crippen LogP contribution in [-0.4, -0.2) is 6.88 Å². The number of unbranched alkanes of at least 4 members (excludes halogenated alkanes) is 2. The van der Waals surface area contributed by atoms with E-state index in [1.54, 1.807) is 22.3 Å². The SMILES string of the molecule is CCC[CH2][Zr]([CH3])([CH3])(=[SiH2])([CH2]CCC)([CH]1C(C)=Cc2ccccc21)[CH]1C(C)=Cc2ccccc21. The molecule has 2 atom stereocenters. The van der Waals surface area contributed by atoms with Gasteiger partial charge in [-0.25, -0.2) is 0 Å². The van der Waals surface area contributed by atoms with Gasteiger partial charge in [-0.1, -0.05) is 0 Å². The quantitative estimate of drug-likeness (QED) is 0.303. The second-order valence-electron chi connectivity index (χ2n) is 14.0. The molecule has 2 aromatic carbocycles. The number of fused-ring (bicyclic) bond motifs is 2. The second kappa shape index (κ2) is 7.02. The van der Waals surface area contributed by atoms with E-state index in [4.69, 9.17) is 0 Å². The van der Waals surface area contributed by atoms with Crippen LogP contribution in [-0.2, 0) is 14.4 Å². The molecule has 2 aliphatic carbocycles. The average molecular weight is 524 g/mol. The molecule has 0 fully saturated rings. The molecule has 0 radical (unpaired) electrons. The third-order valence-electron chi connectivity index (χ3n) is 10.3. The van der Waals surface area contributed by atoms with Crippen LogP contribution in [0.2, 0.25) is 17.5 Å². The van der Waals surface area contributed by atoms with Gasteiger partial charge in [-0.2, -0.15) is 0 Å². The van der Waals surface area contributed by atoms with Gasteiger partial charge in [0.25, 0.3) is 0 Å². The van der Waals surface area contributed by atoms with Crippen molar-refractivity contribution in [2.45, 2.75) is 78.2 Å². The normalized spacial score (nSPS) is 23.2. The summed E-state index contributed by atoms with van der Waals surface area (Å²) in [7, 11) is 0. The Morgan fingerprint density at radius 3 is 1.44 bits per heavy atom. The molecule has 0 heterocycles. The first-order chi connectivity index (χ1) is 14.9. The van der Waals surface area contributed by atoms with Crippen molar-refractivity contribution in [2.24, 2.45) is 0 Å². The molecule has 0 amide bonds. The third-order valence-corrected chi connectivity index (χ3v) is 49.4. The molecule has 0 saturated carbocycles. The maximum atomic E-state index is 2.93. The summed E-state index contributed by atoms with van der Waals surface area (Å²) in [6, 6.07) is 18.7. The molecule has 2 heteroatoms. The Hall–Kier alpha value is -0.980. The van der Waals surface area contributed by atoms with E-state index in [1.807, 2.05) is 0 Å². The van der Waals surface area contributed by atoms with E-state index in [0.717, 1.165) is 0 Å². The van der Waals surface area contributed by atoms with Gasteiger partial charge in [-0.15, -0.1) is 0 Å². The molecule has 2 unspecified atom stereocenters. The number of hydrogen-bond donors (Lipinski definition) is 0. The maximum absolute atomic E-state index is 4.68. The van der Waals surface area contributed by atoms with Crippen LogP contribution in [0.15, 0.2) is 59.7 Å². The number of allylic oxidation sites excluding steroid dienone is 2. The van der Waals surface area contributed by atoms with Gasteiger partial charge in [0.1, 0.15) is 0 Å². The van der Waals surface area contributed by atoms with Crippen LogP contribution in [0, 0.1) is 0 Å². The molecule has 32 heavy (non-hydrogen) atoms. The van der Waals surface area contributed by atoms with Crippen molar-refractivity contribution in [2.75, 3.05) is 0 Å². The summed E-state index contributed by atoms with van der Waals surface area (Å²) >= 11 is -4.68. The van der Waals surface area contributed by atoms with Crippen LogP contribution in [0.1, 0.15) is 82.9 Å². The fourth-order valence-corrected chi connectivity index (χ4v) is 52.1. The van der Waals surface area contributed by atoms with E-state index in [2.05, 4.69) is 105 Å². The van der Waals surface area contributed by atoms with E-state index < -0.39 is 14.4 Å². The van der Waals surface area contributed by atoms with Crippen molar-refractivity contribution in [3.63, 3.8) is 0 Å². The fraction of sp³-hybridized carbons (Fsp3) is 0.467. The van der Waals surface area contributed by atoms with Gasteiger partial charge in [0.05, 0.1) is 0 Å². The molecule has 0 aliphatic heterocycles. The molecule has 2 aromatic rings. The van der Waals surface area contributed by atoms with Gasteiger partial charge >= 0.3 is 194 Å². The predicted molar refractivity (Wildman–Crippen MR) is 145 cm³/mol. The van der Waals surface area contributed by atoms with Gasteiger partial charge in [0, 0.05) is 0 Å². The number of benzene rings is 2. The van der Waals surface area contributed by atoms with Gasteiger partial charge < -0.3 is 0 Å². The minimum absolute atomic E-state index is 0.568. The van der Waals surface area contributed by atoms with Crippen LogP contribution >= 0.6 is 0 Å². The Labute approximate surface area is 192 Å². The third kappa shape index (κ3) is 3.15. The van der Waals surface area contributed by atoms with Gasteiger partial charge in [0.2, 0.25) is 0 Å². The van der Waals surface area contributed by atoms with Crippen LogP contribution in [0.5, 0.6) is 0 Å². The van der Waals surface area contributed by atoms with Crippen molar-refractivity contribution >= 4 is 19.0 Å². The van der Waals surface area contributed by atoms with E-state index >= 15 is 0 Å². The van der Waals surface area contributed by atoms with Gasteiger partial charge in [0.15, 0.2) is 0 Å². The Morgan fingerprint density at radius 2 is 1.06 bits per heavy atom. The summed E-state index contributed by atoms with van der Waals surface area (Å²) in [5, 5.41) is 0. The summed E-state index contributed by atoms with van der Waals surface area (Å²) in [6.07, 6.45) is 10.3. The molecule has 0 bridgehead atoms. The van der Waals surface area contributed by atoms with Gasteiger partial charge in [-0.3, -0.25) is 0 Å². The first-order valence-electron chi connectivity index (χ1n) is 13.0. The van der Waals surface area contributed by atoms with Crippen molar-refractivity contribution < 1.29 is 14.4 Å². The minimum atomic E-state index is -4.68. The van der Waals surface area contributed by atoms with Crippen molar-refractivity contribution in [1.82, 2.24) is 0 Å². The fourth-order valence-electron chi connectivity index (χ4n) is 9.40. The Kier molecular flexibility index (Phi) is 5.30. The zero-order valence-corrected chi connectivity index (χ0v) is 25.3. The first kappa shape index (κ1) is 24.2. The van der Waals surface area contributed by atoms with E-state index in [9.17, 15) is 0 Å². The zero-order chi connectivity index (χ0) is 23.3. The van der Waals surface area contributed by atoms with Gasteiger partial charge in [-0.05, 0) is 0 Å². The van der Waals surface area contributed by atoms with E-state index in [1.165, 1.54) is 45.1 Å². The molecular weight excluding hydrogens is 480 g/mol. The summed E-state index contributed by atoms with van der Waals surface area (Å²) in [6.45, 7) is 12.3. The number of rotatable bonds is 8. The second-order valence-corrected chi connectivity index (χ2v) is 67.5. The monoisotopic (exact) mass is 522 g/mol. The molecule has 2 aliphatic rings. The van der Waals surface area contributed by atoms with Crippen molar-refractivity contribution in [3.8, 4) is 0 Å². The number of hydrogen-bond acceptors (Lipinski definition) is 0. The summed E-state index contributed by atoms with van der Waals surface area (Å²) in [5.74, 6) is 0. The average Bonchev–Trinajstić information content (AvgIpc) is 3.29. The summed E-state index contributed by atoms with van der Waals surface area (Å²) < 4.78 is 9.79. The molecule has 0 nitrogen and oxygen atoms in total. The topological polar surface area (TPSA) is 0 Å². The standard InChI is InChI=1S/2C10H9.2C4H9.2CH3.H2Si.Zr/c2*1-8-6-9-4-2-3-5-10(9)7-8;2*1-3-4-2;;;;/h2*2-7H,1H3;2*1,3-4H2,2H3;2*1H3;1H2;. The Balaban J connectivity index is 2.17. The molecule has 4 rings (SSSR count). The van der Waals surface area contributed by atoms with Crippen molar-refractivity contribution in [1.29, 1.82) is 0 Å². The Morgan fingerprint density at radius 1 is 0.688 bits per heavy atom. The molecular formula is C30H44SiZr. The molecule has 0 aromatic heterocycles. The molecule has 0 spiro atoms. The van der Waals surface area contributed by atoms with Crippen molar-refractivity contribution in [3.05, 3.63) is 81.9 Å². The zero-order valence-electron chi connectivity index (χ0n) is 21.4. The predicted octanol–water partition coefficient (Wildman–Crippen LogP) is 9.14. The molecule has 0 N–H and O–H groups in total. The van der Waals surface area contributed by atoms with Crippen LogP contribution < -0.4 is 0 Å². The van der Waals surface area contributed by atoms with Crippen LogP contribution in [0.3, 0.4) is 0 Å². The van der Waals surface area contributed by atoms with E-state index in [-0.39, 0.29) is 0 Å². The van der Waals surface area contributed by atoms with Crippen LogP contribution in [0.4, 0.5) is 0 Å². The summed E-state index contributed by atoms with van der Waals surface area (Å²) in [5.41, 5.74) is 9.43. The summed E-state index contributed by atoms with van der Waals surface area (Å²) in [4.78, 5) is 0. The molecule has 0 saturated heterocycles. The Bertz CT molecular complexity index is 1170. The first-order valence-corrected chi connectivity index (χ1v) is 30.2.